The van der Waals surface area contributed by atoms with Gasteiger partial charge < -0.3 is 14.6 Å². The Morgan fingerprint density at radius 1 is 1.22 bits per heavy atom. The fourth-order valence-electron chi connectivity index (χ4n) is 3.64. The molecule has 1 atom stereocenters. The lowest BCUT2D eigenvalue weighted by Gasteiger charge is -2.34. The molecule has 2 aromatic carbocycles. The van der Waals surface area contributed by atoms with E-state index >= 15 is 0 Å². The molecule has 0 saturated carbocycles. The Bertz CT molecular complexity index is 1150. The van der Waals surface area contributed by atoms with Gasteiger partial charge in [0.15, 0.2) is 0 Å². The molecule has 2 heterocycles. The maximum Gasteiger partial charge on any atom is 0.322 e. The van der Waals surface area contributed by atoms with Crippen molar-refractivity contribution < 1.29 is 14.1 Å². The van der Waals surface area contributed by atoms with Crippen LogP contribution >= 0.6 is 11.8 Å². The molecule has 3 aromatic rings. The number of nitrogens with one attached hydrogen (secondary N) is 1. The van der Waals surface area contributed by atoms with Crippen molar-refractivity contribution in [2.24, 2.45) is 0 Å². The van der Waals surface area contributed by atoms with Gasteiger partial charge in [-0.1, -0.05) is 23.4 Å². The summed E-state index contributed by atoms with van der Waals surface area (Å²) in [4.78, 5) is 20.2. The predicted octanol–water partition coefficient (Wildman–Crippen LogP) is 5.15. The topological polar surface area (TPSA) is 80.5 Å². The molecule has 164 valence electrons. The van der Waals surface area contributed by atoms with Crippen LogP contribution in [-0.4, -0.2) is 41.0 Å². The Hall–Kier alpha value is -3.52. The van der Waals surface area contributed by atoms with E-state index < -0.39 is 6.04 Å². The van der Waals surface area contributed by atoms with Crippen LogP contribution in [0.25, 0.3) is 17.0 Å². The number of methoxy groups -OCH3 is 1. The molecule has 1 unspecified atom stereocenters. The molecule has 0 fully saturated rings. The van der Waals surface area contributed by atoms with E-state index in [0.29, 0.717) is 18.3 Å². The lowest BCUT2D eigenvalue weighted by atomic mass is 9.94. The van der Waals surface area contributed by atoms with Crippen molar-refractivity contribution >= 4 is 23.4 Å². The van der Waals surface area contributed by atoms with E-state index in [9.17, 15) is 4.79 Å². The number of urea groups is 1. The van der Waals surface area contributed by atoms with Gasteiger partial charge in [-0.15, -0.1) is 18.3 Å². The van der Waals surface area contributed by atoms with Crippen molar-refractivity contribution in [3.63, 3.8) is 0 Å². The molecule has 1 aromatic heterocycles. The first kappa shape index (κ1) is 21.7. The quantitative estimate of drug-likeness (QED) is 0.398. The number of aromatic nitrogens is 2. The SMILES string of the molecule is C=CCN1C(=O)NC(c2ccc(OC)cc2)C(c2nc(-c3ccc(SC)cc3)no2)=C1C. The normalized spacial score (nSPS) is 16.2. The third-order valence-corrected chi connectivity index (χ3v) is 6.11. The van der Waals surface area contributed by atoms with E-state index in [-0.39, 0.29) is 6.03 Å². The monoisotopic (exact) mass is 448 g/mol. The van der Waals surface area contributed by atoms with E-state index in [2.05, 4.69) is 22.0 Å². The van der Waals surface area contributed by atoms with Crippen LogP contribution in [0.4, 0.5) is 4.79 Å². The number of benzene rings is 2. The van der Waals surface area contributed by atoms with E-state index in [1.54, 1.807) is 29.8 Å². The molecular weight excluding hydrogens is 424 g/mol. The molecule has 0 saturated heterocycles. The van der Waals surface area contributed by atoms with E-state index in [0.717, 1.165) is 33.0 Å². The summed E-state index contributed by atoms with van der Waals surface area (Å²) in [6.45, 7) is 6.01. The summed E-state index contributed by atoms with van der Waals surface area (Å²) in [7, 11) is 1.62. The highest BCUT2D eigenvalue weighted by Gasteiger charge is 2.35. The molecule has 8 heteroatoms. The van der Waals surface area contributed by atoms with E-state index in [1.807, 2.05) is 61.7 Å². The van der Waals surface area contributed by atoms with Crippen LogP contribution in [0, 0.1) is 0 Å². The van der Waals surface area contributed by atoms with E-state index in [1.165, 1.54) is 0 Å². The Labute approximate surface area is 191 Å². The summed E-state index contributed by atoms with van der Waals surface area (Å²) in [5.41, 5.74) is 3.23. The number of carbonyl (C=O) groups is 1. The van der Waals surface area contributed by atoms with Gasteiger partial charge in [0, 0.05) is 22.7 Å². The molecule has 1 aliphatic rings. The van der Waals surface area contributed by atoms with Crippen LogP contribution in [0.2, 0.25) is 0 Å². The number of amides is 2. The largest absolute Gasteiger partial charge is 0.497 e. The van der Waals surface area contributed by atoms with Crippen LogP contribution in [0.15, 0.2) is 76.3 Å². The second kappa shape index (κ2) is 9.32. The summed E-state index contributed by atoms with van der Waals surface area (Å²) in [6.07, 6.45) is 3.71. The second-order valence-electron chi connectivity index (χ2n) is 7.21. The zero-order chi connectivity index (χ0) is 22.7. The van der Waals surface area contributed by atoms with Crippen molar-refractivity contribution in [3.05, 3.63) is 78.3 Å². The third-order valence-electron chi connectivity index (χ3n) is 5.36. The summed E-state index contributed by atoms with van der Waals surface area (Å²) in [5.74, 6) is 1.59. The van der Waals surface area contributed by atoms with Gasteiger partial charge in [0.25, 0.3) is 5.89 Å². The summed E-state index contributed by atoms with van der Waals surface area (Å²) in [5, 5.41) is 7.26. The van der Waals surface area contributed by atoms with Crippen LogP contribution in [0.3, 0.4) is 0 Å². The van der Waals surface area contributed by atoms with Gasteiger partial charge in [0.05, 0.1) is 18.7 Å². The molecule has 0 radical (unpaired) electrons. The highest BCUT2D eigenvalue weighted by Crippen LogP contribution is 2.37. The Morgan fingerprint density at radius 3 is 2.56 bits per heavy atom. The van der Waals surface area contributed by atoms with Crippen molar-refractivity contribution in [1.82, 2.24) is 20.4 Å². The van der Waals surface area contributed by atoms with Crippen LogP contribution < -0.4 is 10.1 Å². The van der Waals surface area contributed by atoms with Crippen molar-refractivity contribution in [2.75, 3.05) is 19.9 Å². The average molecular weight is 449 g/mol. The molecule has 0 spiro atoms. The number of ether oxygens (including phenoxy) is 1. The number of nitrogens with zero attached hydrogens (tertiary/aromatic N) is 3. The van der Waals surface area contributed by atoms with Crippen LogP contribution in [0.1, 0.15) is 24.4 Å². The zero-order valence-corrected chi connectivity index (χ0v) is 19.0. The molecule has 7 nitrogen and oxygen atoms in total. The smallest absolute Gasteiger partial charge is 0.322 e. The van der Waals surface area contributed by atoms with Gasteiger partial charge in [0.2, 0.25) is 5.82 Å². The minimum Gasteiger partial charge on any atom is -0.497 e. The van der Waals surface area contributed by atoms with Gasteiger partial charge in [0.1, 0.15) is 5.75 Å². The lowest BCUT2D eigenvalue weighted by Crippen LogP contribution is -2.46. The first-order valence-electron chi connectivity index (χ1n) is 10.1. The molecule has 32 heavy (non-hydrogen) atoms. The molecule has 4 rings (SSSR count). The minimum absolute atomic E-state index is 0.209. The summed E-state index contributed by atoms with van der Waals surface area (Å²) in [6, 6.07) is 14.9. The van der Waals surface area contributed by atoms with Crippen molar-refractivity contribution in [3.8, 4) is 17.1 Å². The van der Waals surface area contributed by atoms with Crippen LogP contribution in [0.5, 0.6) is 5.75 Å². The molecular formula is C24H24N4O3S. The third kappa shape index (κ3) is 4.13. The first-order valence-corrected chi connectivity index (χ1v) is 11.3. The number of allylic oxidation sites excluding steroid dienone is 1. The number of hydrogen-bond donors (Lipinski definition) is 1. The summed E-state index contributed by atoms with van der Waals surface area (Å²) >= 11 is 1.67. The first-order chi connectivity index (χ1) is 15.5. The molecule has 0 bridgehead atoms. The predicted molar refractivity (Wildman–Crippen MR) is 125 cm³/mol. The number of carbonyl (C=O) groups excluding carboxylic acids is 1. The Morgan fingerprint density at radius 2 is 1.94 bits per heavy atom. The minimum atomic E-state index is -0.443. The van der Waals surface area contributed by atoms with Crippen molar-refractivity contribution in [1.29, 1.82) is 0 Å². The molecule has 0 aliphatic carbocycles. The molecule has 1 aliphatic heterocycles. The summed E-state index contributed by atoms with van der Waals surface area (Å²) < 4.78 is 11.0. The second-order valence-corrected chi connectivity index (χ2v) is 8.09. The number of thioether (sulfide) groups is 1. The fraction of sp³-hybridized carbons (Fsp3) is 0.208. The number of hydrogen-bond acceptors (Lipinski definition) is 6. The fourth-order valence-corrected chi connectivity index (χ4v) is 4.05. The zero-order valence-electron chi connectivity index (χ0n) is 18.2. The molecule has 2 amide bonds. The standard InChI is InChI=1S/C24H24N4O3S/c1-5-14-28-15(2)20(21(25-24(28)29)16-6-10-18(30-3)11-7-16)23-26-22(27-31-23)17-8-12-19(32-4)13-9-17/h5-13,21H,1,14H2,2-4H3,(H,25,29). The maximum atomic E-state index is 12.8. The lowest BCUT2D eigenvalue weighted by molar-refractivity contribution is 0.209. The van der Waals surface area contributed by atoms with Gasteiger partial charge in [-0.2, -0.15) is 4.98 Å². The number of rotatable bonds is 7. The average Bonchev–Trinajstić information content (AvgIpc) is 3.31. The van der Waals surface area contributed by atoms with Crippen LogP contribution in [-0.2, 0) is 0 Å². The van der Waals surface area contributed by atoms with Gasteiger partial charge in [-0.3, -0.25) is 4.90 Å². The highest BCUT2D eigenvalue weighted by atomic mass is 32.2. The van der Waals surface area contributed by atoms with Crippen molar-refractivity contribution in [2.45, 2.75) is 17.9 Å². The van der Waals surface area contributed by atoms with Gasteiger partial charge >= 0.3 is 6.03 Å². The Kier molecular flexibility index (Phi) is 6.32. The Balaban J connectivity index is 1.77. The van der Waals surface area contributed by atoms with E-state index in [4.69, 9.17) is 9.26 Å². The van der Waals surface area contributed by atoms with Gasteiger partial charge in [-0.25, -0.2) is 4.79 Å². The molecule has 1 N–H and O–H groups in total. The maximum absolute atomic E-state index is 12.8. The highest BCUT2D eigenvalue weighted by molar-refractivity contribution is 7.98. The van der Waals surface area contributed by atoms with Gasteiger partial charge in [-0.05, 0) is 55.1 Å².